The van der Waals surface area contributed by atoms with E-state index in [9.17, 15) is 0 Å². The third kappa shape index (κ3) is 8.76. The van der Waals surface area contributed by atoms with Gasteiger partial charge in [0, 0.05) is 19.7 Å². The maximum absolute atomic E-state index is 5.93. The quantitative estimate of drug-likeness (QED) is 0.354. The molecule has 0 spiro atoms. The van der Waals surface area contributed by atoms with Crippen LogP contribution in [0.2, 0.25) is 0 Å². The lowest BCUT2D eigenvalue weighted by molar-refractivity contribution is 0.105. The number of nitrogens with one attached hydrogen (secondary N) is 2. The van der Waals surface area contributed by atoms with Crippen molar-refractivity contribution in [3.8, 4) is 5.75 Å². The van der Waals surface area contributed by atoms with E-state index < -0.39 is 0 Å². The van der Waals surface area contributed by atoms with Crippen LogP contribution in [0, 0.1) is 6.92 Å². The van der Waals surface area contributed by atoms with Crippen LogP contribution in [0.25, 0.3) is 0 Å². The summed E-state index contributed by atoms with van der Waals surface area (Å²) >= 11 is 0. The monoisotopic (exact) mass is 461 g/mol. The molecule has 1 aliphatic rings. The molecule has 1 aliphatic heterocycles. The van der Waals surface area contributed by atoms with E-state index in [1.54, 1.807) is 0 Å². The molecule has 2 N–H and O–H groups in total. The van der Waals surface area contributed by atoms with Crippen molar-refractivity contribution in [3.05, 3.63) is 29.8 Å². The minimum Gasteiger partial charge on any atom is -0.489 e. The van der Waals surface area contributed by atoms with Gasteiger partial charge in [0.25, 0.3) is 0 Å². The number of benzene rings is 1. The predicted octanol–water partition coefficient (Wildman–Crippen LogP) is 3.50. The van der Waals surface area contributed by atoms with Crippen molar-refractivity contribution < 1.29 is 9.47 Å². The Kier molecular flexibility index (Phi) is 10.9. The molecule has 142 valence electrons. The second-order valence-corrected chi connectivity index (χ2v) is 6.32. The largest absolute Gasteiger partial charge is 0.489 e. The molecule has 1 fully saturated rings. The zero-order valence-electron chi connectivity index (χ0n) is 15.6. The number of hydrogen-bond donors (Lipinski definition) is 2. The normalized spacial score (nSPS) is 18.4. The van der Waals surface area contributed by atoms with Gasteiger partial charge in [-0.3, -0.25) is 0 Å². The van der Waals surface area contributed by atoms with Gasteiger partial charge in [0.2, 0.25) is 0 Å². The smallest absolute Gasteiger partial charge is 0.191 e. The van der Waals surface area contributed by atoms with Gasteiger partial charge in [-0.15, -0.1) is 24.0 Å². The van der Waals surface area contributed by atoms with Crippen molar-refractivity contribution in [2.45, 2.75) is 52.2 Å². The molecular weight excluding hydrogens is 429 g/mol. The molecule has 1 saturated heterocycles. The molecule has 1 heterocycles. The fraction of sp³-hybridized carbons (Fsp3) is 0.632. The van der Waals surface area contributed by atoms with Crippen molar-refractivity contribution in [2.24, 2.45) is 4.99 Å². The summed E-state index contributed by atoms with van der Waals surface area (Å²) in [5.74, 6) is 1.74. The number of hydrogen-bond acceptors (Lipinski definition) is 3. The van der Waals surface area contributed by atoms with Gasteiger partial charge in [-0.1, -0.05) is 12.1 Å². The Balaban J connectivity index is 0.00000312. The second kappa shape index (κ2) is 12.4. The summed E-state index contributed by atoms with van der Waals surface area (Å²) in [6.07, 6.45) is 3.83. The Labute approximate surface area is 169 Å². The average molecular weight is 461 g/mol. The lowest BCUT2D eigenvalue weighted by Crippen LogP contribution is -2.39. The summed E-state index contributed by atoms with van der Waals surface area (Å²) in [5, 5.41) is 6.66. The molecule has 6 heteroatoms. The van der Waals surface area contributed by atoms with Gasteiger partial charge in [-0.05, 0) is 57.7 Å². The van der Waals surface area contributed by atoms with Crippen LogP contribution in [-0.4, -0.2) is 44.4 Å². The van der Waals surface area contributed by atoms with E-state index in [1.807, 2.05) is 25.1 Å². The fourth-order valence-electron chi connectivity index (χ4n) is 2.74. The summed E-state index contributed by atoms with van der Waals surface area (Å²) in [4.78, 5) is 4.62. The highest BCUT2D eigenvalue weighted by Gasteiger charge is 2.14. The third-order valence-corrected chi connectivity index (χ3v) is 3.96. The Hall–Kier alpha value is -1.02. The third-order valence-electron chi connectivity index (χ3n) is 3.96. The zero-order valence-corrected chi connectivity index (χ0v) is 17.9. The number of rotatable bonds is 8. The van der Waals surface area contributed by atoms with Crippen LogP contribution in [0.3, 0.4) is 0 Å². The molecule has 0 aromatic heterocycles. The first kappa shape index (κ1) is 22.0. The molecule has 0 aliphatic carbocycles. The molecule has 25 heavy (non-hydrogen) atoms. The van der Waals surface area contributed by atoms with E-state index in [-0.39, 0.29) is 30.1 Å². The number of ether oxygens (including phenoxy) is 2. The molecule has 1 aromatic rings. The first-order chi connectivity index (χ1) is 11.7. The summed E-state index contributed by atoms with van der Waals surface area (Å²) in [7, 11) is 0. The summed E-state index contributed by atoms with van der Waals surface area (Å²) in [6.45, 7) is 9.43. The number of nitrogens with zero attached hydrogens (tertiary/aromatic N) is 1. The van der Waals surface area contributed by atoms with Crippen molar-refractivity contribution in [1.82, 2.24) is 10.6 Å². The lowest BCUT2D eigenvalue weighted by atomic mass is 10.2. The van der Waals surface area contributed by atoms with Crippen LogP contribution in [0.1, 0.15) is 38.7 Å². The first-order valence-corrected chi connectivity index (χ1v) is 9.04. The van der Waals surface area contributed by atoms with Crippen molar-refractivity contribution in [3.63, 3.8) is 0 Å². The molecule has 0 saturated carbocycles. The standard InChI is InChI=1S/C19H31N3O2.HI/c1-4-20-19(21-11-10-17-9-6-12-23-17)22-14-16(3)24-18-8-5-7-15(2)13-18;/h5,7-8,13,16-17H,4,6,9-12,14H2,1-3H3,(H2,20,21,22);1H. The van der Waals surface area contributed by atoms with Crippen LogP contribution in [-0.2, 0) is 4.74 Å². The fourth-order valence-corrected chi connectivity index (χ4v) is 2.74. The minimum atomic E-state index is 0. The maximum Gasteiger partial charge on any atom is 0.191 e. The Morgan fingerprint density at radius 1 is 1.40 bits per heavy atom. The Morgan fingerprint density at radius 3 is 2.92 bits per heavy atom. The minimum absolute atomic E-state index is 0. The van der Waals surface area contributed by atoms with Gasteiger partial charge < -0.3 is 20.1 Å². The van der Waals surface area contributed by atoms with Crippen LogP contribution >= 0.6 is 24.0 Å². The topological polar surface area (TPSA) is 54.9 Å². The molecule has 1 aromatic carbocycles. The predicted molar refractivity (Wildman–Crippen MR) is 114 cm³/mol. The molecule has 0 amide bonds. The summed E-state index contributed by atoms with van der Waals surface area (Å²) < 4.78 is 11.6. The van der Waals surface area contributed by atoms with E-state index in [2.05, 4.69) is 35.5 Å². The summed E-state index contributed by atoms with van der Waals surface area (Å²) in [6, 6.07) is 8.11. The molecule has 5 nitrogen and oxygen atoms in total. The van der Waals surface area contributed by atoms with Crippen LogP contribution in [0.5, 0.6) is 5.75 Å². The van der Waals surface area contributed by atoms with Crippen molar-refractivity contribution in [1.29, 1.82) is 0 Å². The van der Waals surface area contributed by atoms with Gasteiger partial charge in [-0.25, -0.2) is 4.99 Å². The van der Waals surface area contributed by atoms with Gasteiger partial charge >= 0.3 is 0 Å². The molecule has 0 bridgehead atoms. The van der Waals surface area contributed by atoms with Crippen LogP contribution < -0.4 is 15.4 Å². The first-order valence-electron chi connectivity index (χ1n) is 9.04. The SMILES string of the molecule is CCNC(=NCC(C)Oc1cccc(C)c1)NCCC1CCCO1.I. The molecule has 0 radical (unpaired) electrons. The highest BCUT2D eigenvalue weighted by Crippen LogP contribution is 2.15. The molecule has 2 atom stereocenters. The van der Waals surface area contributed by atoms with Gasteiger partial charge in [0.15, 0.2) is 5.96 Å². The van der Waals surface area contributed by atoms with Crippen LogP contribution in [0.4, 0.5) is 0 Å². The van der Waals surface area contributed by atoms with E-state index in [4.69, 9.17) is 9.47 Å². The second-order valence-electron chi connectivity index (χ2n) is 6.32. The Bertz CT molecular complexity index is 519. The molecule has 2 unspecified atom stereocenters. The number of aliphatic imine (C=N–C) groups is 1. The summed E-state index contributed by atoms with van der Waals surface area (Å²) in [5.41, 5.74) is 1.20. The highest BCUT2D eigenvalue weighted by atomic mass is 127. The molecular formula is C19H32IN3O2. The Morgan fingerprint density at radius 2 is 2.24 bits per heavy atom. The average Bonchev–Trinajstić information content (AvgIpc) is 3.06. The zero-order chi connectivity index (χ0) is 17.2. The van der Waals surface area contributed by atoms with Gasteiger partial charge in [0.05, 0.1) is 12.6 Å². The van der Waals surface area contributed by atoms with Crippen molar-refractivity contribution in [2.75, 3.05) is 26.2 Å². The van der Waals surface area contributed by atoms with E-state index >= 15 is 0 Å². The van der Waals surface area contributed by atoms with E-state index in [0.29, 0.717) is 12.6 Å². The number of aryl methyl sites for hydroxylation is 1. The number of guanidine groups is 1. The highest BCUT2D eigenvalue weighted by molar-refractivity contribution is 14.0. The van der Waals surface area contributed by atoms with Crippen molar-refractivity contribution >= 4 is 29.9 Å². The van der Waals surface area contributed by atoms with Gasteiger partial charge in [0.1, 0.15) is 11.9 Å². The van der Waals surface area contributed by atoms with E-state index in [0.717, 1.165) is 37.8 Å². The van der Waals surface area contributed by atoms with Gasteiger partial charge in [-0.2, -0.15) is 0 Å². The number of halogens is 1. The van der Waals surface area contributed by atoms with Crippen LogP contribution in [0.15, 0.2) is 29.3 Å². The van der Waals surface area contributed by atoms with E-state index in [1.165, 1.54) is 18.4 Å². The maximum atomic E-state index is 5.93. The molecule has 2 rings (SSSR count). The lowest BCUT2D eigenvalue weighted by Gasteiger charge is -2.16.